The first kappa shape index (κ1) is 11.6. The van der Waals surface area contributed by atoms with Gasteiger partial charge in [0.05, 0.1) is 6.04 Å². The molecule has 16 heavy (non-hydrogen) atoms. The lowest BCUT2D eigenvalue weighted by Gasteiger charge is -2.21. The minimum absolute atomic E-state index is 0.0324. The number of hydrogen-bond acceptors (Lipinski definition) is 2. The van der Waals surface area contributed by atoms with Gasteiger partial charge in [0.15, 0.2) is 0 Å². The lowest BCUT2D eigenvalue weighted by atomic mass is 9.94. The molecule has 0 heterocycles. The van der Waals surface area contributed by atoms with Gasteiger partial charge in [-0.05, 0) is 24.5 Å². The van der Waals surface area contributed by atoms with Crippen LogP contribution in [0.2, 0.25) is 5.02 Å². The fourth-order valence-electron chi connectivity index (χ4n) is 2.07. The van der Waals surface area contributed by atoms with Gasteiger partial charge >= 0.3 is 0 Å². The van der Waals surface area contributed by atoms with Crippen molar-refractivity contribution >= 4 is 17.4 Å². The molecule has 0 aliphatic heterocycles. The maximum atomic E-state index is 11.6. The van der Waals surface area contributed by atoms with Crippen molar-refractivity contribution in [3.05, 3.63) is 34.9 Å². The number of hydrogen-bond donors (Lipinski definition) is 1. The lowest BCUT2D eigenvalue weighted by Crippen LogP contribution is -2.38. The third-order valence-corrected chi connectivity index (χ3v) is 3.42. The smallest absolute Gasteiger partial charge is 0.149 e. The third kappa shape index (κ3) is 2.83. The number of ketones is 1. The second kappa shape index (κ2) is 5.46. The van der Waals surface area contributed by atoms with Crippen molar-refractivity contribution in [1.29, 1.82) is 0 Å². The van der Waals surface area contributed by atoms with Crippen molar-refractivity contribution in [2.75, 3.05) is 0 Å². The molecule has 1 aliphatic carbocycles. The summed E-state index contributed by atoms with van der Waals surface area (Å²) >= 11 is 6.05. The highest BCUT2D eigenvalue weighted by atomic mass is 35.5. The Morgan fingerprint density at radius 2 is 2.12 bits per heavy atom. The van der Waals surface area contributed by atoms with Crippen LogP contribution in [0.15, 0.2) is 24.3 Å². The van der Waals surface area contributed by atoms with E-state index in [4.69, 9.17) is 11.6 Å². The average molecular weight is 238 g/mol. The monoisotopic (exact) mass is 237 g/mol. The number of rotatable bonds is 3. The zero-order chi connectivity index (χ0) is 11.4. The Balaban J connectivity index is 1.92. The second-order valence-corrected chi connectivity index (χ2v) is 4.64. The van der Waals surface area contributed by atoms with Crippen molar-refractivity contribution in [2.24, 2.45) is 0 Å². The van der Waals surface area contributed by atoms with Gasteiger partial charge in [0, 0.05) is 18.0 Å². The summed E-state index contributed by atoms with van der Waals surface area (Å²) in [7, 11) is 0. The summed E-state index contributed by atoms with van der Waals surface area (Å²) in [5.74, 6) is 0.346. The van der Waals surface area contributed by atoms with Gasteiger partial charge in [0.1, 0.15) is 5.78 Å². The van der Waals surface area contributed by atoms with Crippen LogP contribution in [-0.2, 0) is 11.3 Å². The van der Waals surface area contributed by atoms with Crippen LogP contribution in [0.25, 0.3) is 0 Å². The van der Waals surface area contributed by atoms with Crippen molar-refractivity contribution in [3.63, 3.8) is 0 Å². The SMILES string of the molecule is O=C1CCCCC1NCc1ccccc1Cl. The van der Waals surface area contributed by atoms with E-state index in [0.29, 0.717) is 12.3 Å². The first-order chi connectivity index (χ1) is 7.77. The zero-order valence-corrected chi connectivity index (χ0v) is 9.96. The van der Waals surface area contributed by atoms with E-state index in [1.807, 2.05) is 24.3 Å². The first-order valence-corrected chi connectivity index (χ1v) is 6.14. The molecule has 2 rings (SSSR count). The summed E-state index contributed by atoms with van der Waals surface area (Å²) in [6, 6.07) is 7.78. The van der Waals surface area contributed by atoms with Crippen LogP contribution < -0.4 is 5.32 Å². The van der Waals surface area contributed by atoms with Crippen molar-refractivity contribution in [2.45, 2.75) is 38.3 Å². The quantitative estimate of drug-likeness (QED) is 0.876. The van der Waals surface area contributed by atoms with Crippen LogP contribution in [0.3, 0.4) is 0 Å². The summed E-state index contributed by atoms with van der Waals surface area (Å²) in [5.41, 5.74) is 1.06. The van der Waals surface area contributed by atoms with E-state index >= 15 is 0 Å². The Labute approximate surface area is 101 Å². The minimum Gasteiger partial charge on any atom is -0.303 e. The number of nitrogens with one attached hydrogen (secondary N) is 1. The molecule has 0 aromatic heterocycles. The van der Waals surface area contributed by atoms with Crippen LogP contribution in [0.1, 0.15) is 31.2 Å². The summed E-state index contributed by atoms with van der Waals surface area (Å²) in [4.78, 5) is 11.6. The molecular weight excluding hydrogens is 222 g/mol. The molecule has 1 saturated carbocycles. The number of carbonyl (C=O) groups excluding carboxylic acids is 1. The van der Waals surface area contributed by atoms with Crippen molar-refractivity contribution in [1.82, 2.24) is 5.32 Å². The molecule has 0 amide bonds. The molecule has 1 unspecified atom stereocenters. The van der Waals surface area contributed by atoms with Gasteiger partial charge in [-0.1, -0.05) is 36.2 Å². The summed E-state index contributed by atoms with van der Waals surface area (Å²) in [5, 5.41) is 4.06. The highest BCUT2D eigenvalue weighted by molar-refractivity contribution is 6.31. The Hall–Kier alpha value is -0.860. The standard InChI is InChI=1S/C13H16ClNO/c14-11-6-2-1-5-10(11)9-15-12-7-3-4-8-13(12)16/h1-2,5-6,12,15H,3-4,7-9H2. The van der Waals surface area contributed by atoms with E-state index in [-0.39, 0.29) is 6.04 Å². The van der Waals surface area contributed by atoms with Gasteiger partial charge in [-0.15, -0.1) is 0 Å². The highest BCUT2D eigenvalue weighted by Gasteiger charge is 2.21. The Morgan fingerprint density at radius 3 is 2.88 bits per heavy atom. The molecule has 3 heteroatoms. The summed E-state index contributed by atoms with van der Waals surface area (Å²) < 4.78 is 0. The van der Waals surface area contributed by atoms with E-state index in [2.05, 4.69) is 5.32 Å². The molecule has 1 fully saturated rings. The van der Waals surface area contributed by atoms with Gasteiger partial charge in [-0.3, -0.25) is 4.79 Å². The topological polar surface area (TPSA) is 29.1 Å². The molecule has 0 spiro atoms. The molecule has 1 atom stereocenters. The van der Waals surface area contributed by atoms with E-state index in [1.165, 1.54) is 0 Å². The Morgan fingerprint density at radius 1 is 1.31 bits per heavy atom. The fraction of sp³-hybridized carbons (Fsp3) is 0.462. The Bertz CT molecular complexity index is 378. The molecule has 1 N–H and O–H groups in total. The summed E-state index contributed by atoms with van der Waals surface area (Å²) in [6.07, 6.45) is 3.87. The number of halogens is 1. The predicted octanol–water partition coefficient (Wildman–Crippen LogP) is 2.94. The van der Waals surface area contributed by atoms with Gasteiger partial charge in [0.25, 0.3) is 0 Å². The zero-order valence-electron chi connectivity index (χ0n) is 9.21. The molecule has 1 aromatic rings. The minimum atomic E-state index is 0.0324. The first-order valence-electron chi connectivity index (χ1n) is 5.77. The van der Waals surface area contributed by atoms with Crippen molar-refractivity contribution < 1.29 is 4.79 Å². The van der Waals surface area contributed by atoms with E-state index in [0.717, 1.165) is 36.3 Å². The molecule has 0 radical (unpaired) electrons. The van der Waals surface area contributed by atoms with Crippen LogP contribution >= 0.6 is 11.6 Å². The van der Waals surface area contributed by atoms with Crippen LogP contribution in [-0.4, -0.2) is 11.8 Å². The van der Waals surface area contributed by atoms with E-state index < -0.39 is 0 Å². The molecule has 0 bridgehead atoms. The largest absolute Gasteiger partial charge is 0.303 e. The summed E-state index contributed by atoms with van der Waals surface area (Å²) in [6.45, 7) is 0.677. The second-order valence-electron chi connectivity index (χ2n) is 4.24. The highest BCUT2D eigenvalue weighted by Crippen LogP contribution is 2.17. The van der Waals surface area contributed by atoms with Crippen LogP contribution in [0, 0.1) is 0 Å². The van der Waals surface area contributed by atoms with Crippen molar-refractivity contribution in [3.8, 4) is 0 Å². The Kier molecular flexibility index (Phi) is 3.97. The molecule has 0 saturated heterocycles. The van der Waals surface area contributed by atoms with Gasteiger partial charge < -0.3 is 5.32 Å². The van der Waals surface area contributed by atoms with E-state index in [9.17, 15) is 4.79 Å². The molecular formula is C13H16ClNO. The maximum Gasteiger partial charge on any atom is 0.149 e. The average Bonchev–Trinajstić information content (AvgIpc) is 2.30. The number of benzene rings is 1. The molecule has 1 aromatic carbocycles. The van der Waals surface area contributed by atoms with Crippen LogP contribution in [0.4, 0.5) is 0 Å². The number of Topliss-reactive ketones (excluding diaryl/α,β-unsaturated/α-hetero) is 1. The predicted molar refractivity (Wildman–Crippen MR) is 65.6 cm³/mol. The normalized spacial score (nSPS) is 21.1. The van der Waals surface area contributed by atoms with Crippen LogP contribution in [0.5, 0.6) is 0 Å². The van der Waals surface area contributed by atoms with E-state index in [1.54, 1.807) is 0 Å². The molecule has 1 aliphatic rings. The van der Waals surface area contributed by atoms with Gasteiger partial charge in [-0.2, -0.15) is 0 Å². The molecule has 2 nitrogen and oxygen atoms in total. The number of carbonyl (C=O) groups is 1. The molecule has 86 valence electrons. The van der Waals surface area contributed by atoms with Gasteiger partial charge in [0.2, 0.25) is 0 Å². The lowest BCUT2D eigenvalue weighted by molar-refractivity contribution is -0.122. The third-order valence-electron chi connectivity index (χ3n) is 3.05. The van der Waals surface area contributed by atoms with Gasteiger partial charge in [-0.25, -0.2) is 0 Å². The maximum absolute atomic E-state index is 11.6. The fourth-order valence-corrected chi connectivity index (χ4v) is 2.28.